The molecule has 0 aromatic heterocycles. The number of halogens is 2. The minimum atomic E-state index is -4.74. The van der Waals surface area contributed by atoms with Gasteiger partial charge in [0.25, 0.3) is 10.1 Å². The first-order valence-electron chi connectivity index (χ1n) is 5.60. The van der Waals surface area contributed by atoms with Crippen LogP contribution < -0.4 is 5.14 Å². The van der Waals surface area contributed by atoms with Crippen LogP contribution in [0, 0.1) is 5.82 Å². The van der Waals surface area contributed by atoms with Gasteiger partial charge in [-0.3, -0.25) is 4.55 Å². The maximum atomic E-state index is 13.7. The molecule has 0 heterocycles. The standard InChI is InChI=1S/C12H9BrFNO5S2/c13-8-5-4-7(6-9(8)14)12-10(21(15,16)17)2-1-3-11(12)22(18,19)20/h1-6H,(H2,15,16,17)(H,18,19,20). The molecule has 3 N–H and O–H groups in total. The van der Waals surface area contributed by atoms with E-state index in [0.717, 1.165) is 24.3 Å². The van der Waals surface area contributed by atoms with Gasteiger partial charge in [-0.1, -0.05) is 12.1 Å². The second kappa shape index (κ2) is 5.70. The largest absolute Gasteiger partial charge is 0.295 e. The van der Waals surface area contributed by atoms with Gasteiger partial charge in [0.1, 0.15) is 10.7 Å². The second-order valence-corrected chi connectivity index (χ2v) is 8.05. The summed E-state index contributed by atoms with van der Waals surface area (Å²) in [7, 11) is -9.04. The van der Waals surface area contributed by atoms with Gasteiger partial charge in [0.05, 0.1) is 9.37 Å². The van der Waals surface area contributed by atoms with Crippen molar-refractivity contribution in [3.05, 3.63) is 46.7 Å². The zero-order valence-corrected chi connectivity index (χ0v) is 13.9. The molecule has 0 aliphatic carbocycles. The Hall–Kier alpha value is -1.33. The summed E-state index contributed by atoms with van der Waals surface area (Å²) in [4.78, 5) is -1.22. The summed E-state index contributed by atoms with van der Waals surface area (Å²) >= 11 is 2.93. The van der Waals surface area contributed by atoms with E-state index in [1.54, 1.807) is 0 Å². The summed E-state index contributed by atoms with van der Waals surface area (Å²) in [6, 6.07) is 6.69. The van der Waals surface area contributed by atoms with Crippen LogP contribution in [-0.4, -0.2) is 21.4 Å². The third kappa shape index (κ3) is 3.36. The molecular formula is C12H9BrFNO5S2. The molecule has 0 bridgehead atoms. The van der Waals surface area contributed by atoms with Gasteiger partial charge in [0.15, 0.2) is 0 Å². The molecule has 2 aromatic rings. The maximum absolute atomic E-state index is 13.7. The zero-order valence-electron chi connectivity index (χ0n) is 10.7. The van der Waals surface area contributed by atoms with Gasteiger partial charge in [0.2, 0.25) is 10.0 Å². The highest BCUT2D eigenvalue weighted by Crippen LogP contribution is 2.34. The topological polar surface area (TPSA) is 115 Å². The molecular weight excluding hydrogens is 401 g/mol. The normalized spacial score (nSPS) is 12.4. The molecule has 118 valence electrons. The molecule has 0 atom stereocenters. The minimum Gasteiger partial charge on any atom is -0.282 e. The van der Waals surface area contributed by atoms with Crippen molar-refractivity contribution >= 4 is 36.1 Å². The number of hydrogen-bond donors (Lipinski definition) is 2. The van der Waals surface area contributed by atoms with Crippen LogP contribution >= 0.6 is 15.9 Å². The summed E-state index contributed by atoms with van der Waals surface area (Å²) in [5.74, 6) is -0.733. The highest BCUT2D eigenvalue weighted by Gasteiger charge is 2.25. The van der Waals surface area contributed by atoms with E-state index in [1.807, 2.05) is 0 Å². The Morgan fingerprint density at radius 3 is 2.14 bits per heavy atom. The molecule has 0 aliphatic heterocycles. The van der Waals surface area contributed by atoms with Gasteiger partial charge in [0, 0.05) is 5.56 Å². The average molecular weight is 410 g/mol. The van der Waals surface area contributed by atoms with Crippen LogP contribution in [0.5, 0.6) is 0 Å². The van der Waals surface area contributed by atoms with Gasteiger partial charge in [-0.25, -0.2) is 17.9 Å². The SMILES string of the molecule is NS(=O)(=O)c1cccc(S(=O)(=O)O)c1-c1ccc(Br)c(F)c1. The van der Waals surface area contributed by atoms with Crippen molar-refractivity contribution in [3.63, 3.8) is 0 Å². The Kier molecular flexibility index (Phi) is 4.42. The number of hydrogen-bond acceptors (Lipinski definition) is 4. The van der Waals surface area contributed by atoms with Crippen LogP contribution in [0.25, 0.3) is 11.1 Å². The first-order chi connectivity index (χ1) is 10.0. The van der Waals surface area contributed by atoms with Crippen LogP contribution in [0.2, 0.25) is 0 Å². The Morgan fingerprint density at radius 2 is 1.64 bits per heavy atom. The van der Waals surface area contributed by atoms with Gasteiger partial charge in [-0.15, -0.1) is 0 Å². The maximum Gasteiger partial charge on any atom is 0.295 e. The Bertz CT molecular complexity index is 907. The van der Waals surface area contributed by atoms with Crippen LogP contribution in [0.4, 0.5) is 4.39 Å². The predicted octanol–water partition coefficient (Wildman–Crippen LogP) is 2.15. The fourth-order valence-corrected chi connectivity index (χ4v) is 3.73. The first kappa shape index (κ1) is 17.0. The van der Waals surface area contributed by atoms with E-state index in [2.05, 4.69) is 15.9 Å². The molecule has 0 saturated carbocycles. The average Bonchev–Trinajstić information content (AvgIpc) is 2.39. The lowest BCUT2D eigenvalue weighted by Crippen LogP contribution is -2.15. The van der Waals surface area contributed by atoms with E-state index in [9.17, 15) is 25.8 Å². The van der Waals surface area contributed by atoms with Crippen molar-refractivity contribution in [1.29, 1.82) is 0 Å². The van der Waals surface area contributed by atoms with Crippen LogP contribution in [-0.2, 0) is 20.1 Å². The smallest absolute Gasteiger partial charge is 0.282 e. The summed E-state index contributed by atoms with van der Waals surface area (Å²) < 4.78 is 69.3. The molecule has 0 spiro atoms. The molecule has 0 fully saturated rings. The lowest BCUT2D eigenvalue weighted by Gasteiger charge is -2.12. The number of sulfonamides is 1. The van der Waals surface area contributed by atoms with E-state index in [-0.39, 0.29) is 15.6 Å². The van der Waals surface area contributed by atoms with Gasteiger partial charge >= 0.3 is 0 Å². The van der Waals surface area contributed by atoms with Crippen molar-refractivity contribution in [3.8, 4) is 11.1 Å². The van der Waals surface area contributed by atoms with E-state index in [0.29, 0.717) is 0 Å². The lowest BCUT2D eigenvalue weighted by molar-refractivity contribution is 0.483. The molecule has 22 heavy (non-hydrogen) atoms. The summed E-state index contributed by atoms with van der Waals surface area (Å²) in [6.45, 7) is 0. The number of benzene rings is 2. The summed E-state index contributed by atoms with van der Waals surface area (Å²) in [5.41, 5.74) is -0.447. The molecule has 0 amide bonds. The van der Waals surface area contributed by atoms with Crippen molar-refractivity contribution in [2.75, 3.05) is 0 Å². The zero-order chi connectivity index (χ0) is 16.7. The number of primary sulfonamides is 1. The number of rotatable bonds is 3. The Balaban J connectivity index is 2.96. The molecule has 10 heteroatoms. The molecule has 2 aromatic carbocycles. The Labute approximate surface area is 134 Å². The Morgan fingerprint density at radius 1 is 1.05 bits per heavy atom. The second-order valence-electron chi connectivity index (χ2n) is 4.28. The summed E-state index contributed by atoms with van der Waals surface area (Å²) in [6.07, 6.45) is 0. The predicted molar refractivity (Wildman–Crippen MR) is 80.7 cm³/mol. The fraction of sp³-hybridized carbons (Fsp3) is 0. The van der Waals surface area contributed by atoms with Crippen molar-refractivity contribution in [2.24, 2.45) is 5.14 Å². The van der Waals surface area contributed by atoms with Crippen molar-refractivity contribution in [2.45, 2.75) is 9.79 Å². The molecule has 0 unspecified atom stereocenters. The van der Waals surface area contributed by atoms with Gasteiger partial charge in [-0.2, -0.15) is 8.42 Å². The third-order valence-electron chi connectivity index (χ3n) is 2.78. The van der Waals surface area contributed by atoms with Crippen molar-refractivity contribution < 1.29 is 25.8 Å². The van der Waals surface area contributed by atoms with Crippen molar-refractivity contribution in [1.82, 2.24) is 0 Å². The van der Waals surface area contributed by atoms with E-state index >= 15 is 0 Å². The number of nitrogens with two attached hydrogens (primary N) is 1. The van der Waals surface area contributed by atoms with E-state index < -0.39 is 35.7 Å². The summed E-state index contributed by atoms with van der Waals surface area (Å²) in [5, 5.41) is 5.07. The lowest BCUT2D eigenvalue weighted by atomic mass is 10.1. The molecule has 0 aliphatic rings. The fourth-order valence-electron chi connectivity index (χ4n) is 1.90. The molecule has 6 nitrogen and oxygen atoms in total. The van der Waals surface area contributed by atoms with Gasteiger partial charge < -0.3 is 0 Å². The van der Waals surface area contributed by atoms with E-state index in [4.69, 9.17) is 5.14 Å². The van der Waals surface area contributed by atoms with Crippen LogP contribution in [0.1, 0.15) is 0 Å². The van der Waals surface area contributed by atoms with E-state index in [1.165, 1.54) is 12.1 Å². The van der Waals surface area contributed by atoms with Gasteiger partial charge in [-0.05, 0) is 45.8 Å². The highest BCUT2D eigenvalue weighted by molar-refractivity contribution is 9.10. The highest BCUT2D eigenvalue weighted by atomic mass is 79.9. The molecule has 0 radical (unpaired) electrons. The molecule has 0 saturated heterocycles. The first-order valence-corrected chi connectivity index (χ1v) is 9.38. The monoisotopic (exact) mass is 409 g/mol. The molecule has 2 rings (SSSR count). The third-order valence-corrected chi connectivity index (χ3v) is 5.27. The quantitative estimate of drug-likeness (QED) is 0.753. The minimum absolute atomic E-state index is 0.0575. The van der Waals surface area contributed by atoms with Crippen LogP contribution in [0.3, 0.4) is 0 Å². The van der Waals surface area contributed by atoms with Crippen LogP contribution in [0.15, 0.2) is 50.7 Å².